The summed E-state index contributed by atoms with van der Waals surface area (Å²) in [6.07, 6.45) is 2.22. The van der Waals surface area contributed by atoms with Crippen LogP contribution >= 0.6 is 0 Å². The molecule has 1 N–H and O–H groups in total. The summed E-state index contributed by atoms with van der Waals surface area (Å²) in [6, 6.07) is 14.8. The molecular formula is C23H25N5O4. The molecule has 0 unspecified atom stereocenters. The largest absolute Gasteiger partial charge is 0.493 e. The van der Waals surface area contributed by atoms with E-state index in [1.165, 1.54) is 6.07 Å². The van der Waals surface area contributed by atoms with Gasteiger partial charge in [-0.2, -0.15) is 0 Å². The third-order valence-corrected chi connectivity index (χ3v) is 5.19. The van der Waals surface area contributed by atoms with E-state index in [4.69, 9.17) is 14.2 Å². The number of ether oxygens (including phenoxy) is 3. The van der Waals surface area contributed by atoms with E-state index in [2.05, 4.69) is 20.5 Å². The summed E-state index contributed by atoms with van der Waals surface area (Å²) in [5.74, 6) is 2.97. The van der Waals surface area contributed by atoms with Crippen LogP contribution in [0, 0.1) is 0 Å². The lowest BCUT2D eigenvalue weighted by Gasteiger charge is -2.10. The molecule has 0 aliphatic heterocycles. The molecule has 0 aliphatic rings. The first-order valence-electron chi connectivity index (χ1n) is 10.4. The predicted molar refractivity (Wildman–Crippen MR) is 119 cm³/mol. The highest BCUT2D eigenvalue weighted by atomic mass is 16.5. The van der Waals surface area contributed by atoms with Crippen LogP contribution in [-0.4, -0.2) is 46.0 Å². The molecule has 0 aliphatic carbocycles. The number of H-pyrrole nitrogens is 1. The molecule has 0 fully saturated rings. The fraction of sp³-hybridized carbons (Fsp3) is 0.304. The number of aromatic nitrogens is 5. The van der Waals surface area contributed by atoms with Crippen LogP contribution in [0.1, 0.15) is 17.8 Å². The van der Waals surface area contributed by atoms with Crippen molar-refractivity contribution in [1.82, 2.24) is 25.2 Å². The zero-order chi connectivity index (χ0) is 22.3. The van der Waals surface area contributed by atoms with Crippen molar-refractivity contribution < 1.29 is 14.2 Å². The Bertz CT molecular complexity index is 1250. The van der Waals surface area contributed by atoms with Gasteiger partial charge in [0.2, 0.25) is 5.56 Å². The van der Waals surface area contributed by atoms with Crippen LogP contribution < -0.4 is 19.8 Å². The second kappa shape index (κ2) is 9.95. The third kappa shape index (κ3) is 4.88. The van der Waals surface area contributed by atoms with Crippen LogP contribution in [0.2, 0.25) is 0 Å². The maximum atomic E-state index is 11.5. The van der Waals surface area contributed by atoms with Crippen molar-refractivity contribution in [2.24, 2.45) is 0 Å². The summed E-state index contributed by atoms with van der Waals surface area (Å²) in [6.45, 7) is 1.18. The average molecular weight is 435 g/mol. The number of aryl methyl sites for hydroxylation is 3. The van der Waals surface area contributed by atoms with E-state index >= 15 is 0 Å². The zero-order valence-corrected chi connectivity index (χ0v) is 18.1. The molecule has 166 valence electrons. The topological polar surface area (TPSA) is 104 Å². The van der Waals surface area contributed by atoms with Gasteiger partial charge in [0.25, 0.3) is 0 Å². The predicted octanol–water partition coefficient (Wildman–Crippen LogP) is 2.79. The summed E-state index contributed by atoms with van der Waals surface area (Å²) in [5.41, 5.74) is 1.74. The monoisotopic (exact) mass is 435 g/mol. The molecule has 4 aromatic rings. The first-order valence-corrected chi connectivity index (χ1v) is 10.4. The average Bonchev–Trinajstić information content (AvgIpc) is 3.27. The van der Waals surface area contributed by atoms with Crippen LogP contribution in [0.4, 0.5) is 0 Å². The Labute approximate surface area is 184 Å². The third-order valence-electron chi connectivity index (χ3n) is 5.19. The van der Waals surface area contributed by atoms with Crippen molar-refractivity contribution in [2.75, 3.05) is 20.8 Å². The highest BCUT2D eigenvalue weighted by Gasteiger charge is 2.09. The Balaban J connectivity index is 1.32. The molecule has 9 nitrogen and oxygen atoms in total. The van der Waals surface area contributed by atoms with Gasteiger partial charge in [-0.25, -0.2) is 4.68 Å². The number of benzene rings is 2. The Hall–Kier alpha value is -3.88. The fourth-order valence-electron chi connectivity index (χ4n) is 3.54. The van der Waals surface area contributed by atoms with Crippen LogP contribution in [-0.2, 0) is 19.4 Å². The summed E-state index contributed by atoms with van der Waals surface area (Å²) in [7, 11) is 3.25. The van der Waals surface area contributed by atoms with Crippen molar-refractivity contribution in [2.45, 2.75) is 25.8 Å². The number of hydrogen-bond acceptors (Lipinski definition) is 7. The quantitative estimate of drug-likeness (QED) is 0.382. The molecule has 2 heterocycles. The van der Waals surface area contributed by atoms with E-state index in [1.807, 2.05) is 41.1 Å². The maximum Gasteiger partial charge on any atom is 0.248 e. The van der Waals surface area contributed by atoms with Gasteiger partial charge in [0.05, 0.1) is 26.3 Å². The van der Waals surface area contributed by atoms with Crippen molar-refractivity contribution >= 4 is 10.9 Å². The number of aromatic amines is 1. The van der Waals surface area contributed by atoms with Gasteiger partial charge in [0, 0.05) is 24.4 Å². The Morgan fingerprint density at radius 2 is 1.84 bits per heavy atom. The molecule has 0 amide bonds. The Kier molecular flexibility index (Phi) is 6.64. The van der Waals surface area contributed by atoms with Crippen molar-refractivity contribution in [3.63, 3.8) is 0 Å². The summed E-state index contributed by atoms with van der Waals surface area (Å²) < 4.78 is 18.4. The minimum Gasteiger partial charge on any atom is -0.493 e. The van der Waals surface area contributed by atoms with Crippen LogP contribution in [0.3, 0.4) is 0 Å². The zero-order valence-electron chi connectivity index (χ0n) is 18.1. The number of nitrogens with zero attached hydrogens (tertiary/aromatic N) is 4. The molecule has 0 spiro atoms. The first kappa shape index (κ1) is 21.4. The molecule has 0 bridgehead atoms. The van der Waals surface area contributed by atoms with E-state index in [0.29, 0.717) is 31.1 Å². The molecule has 4 rings (SSSR count). The minimum atomic E-state index is -0.130. The molecular weight excluding hydrogens is 410 g/mol. The SMILES string of the molecule is COc1ccc(CCn2nnnc2CCCOc2cccc3[nH]c(=O)ccc23)cc1OC. The van der Waals surface area contributed by atoms with Crippen LogP contribution in [0.15, 0.2) is 53.3 Å². The van der Waals surface area contributed by atoms with Gasteiger partial charge < -0.3 is 19.2 Å². The van der Waals surface area contributed by atoms with E-state index < -0.39 is 0 Å². The number of pyridine rings is 1. The van der Waals surface area contributed by atoms with Gasteiger partial charge in [-0.3, -0.25) is 4.79 Å². The Morgan fingerprint density at radius 3 is 2.69 bits per heavy atom. The number of tetrazole rings is 1. The highest BCUT2D eigenvalue weighted by Crippen LogP contribution is 2.28. The molecule has 2 aromatic heterocycles. The van der Waals surface area contributed by atoms with E-state index in [1.54, 1.807) is 20.3 Å². The van der Waals surface area contributed by atoms with Crippen molar-refractivity contribution in [1.29, 1.82) is 0 Å². The molecule has 32 heavy (non-hydrogen) atoms. The van der Waals surface area contributed by atoms with E-state index in [0.717, 1.165) is 40.9 Å². The standard InChI is InChI=1S/C23H25N5O4/c1-30-20-10-8-16(15-21(20)31-2)12-13-28-22(25-26-27-28)7-4-14-32-19-6-3-5-18-17(19)9-11-23(29)24-18/h3,5-6,8-11,15H,4,7,12-14H2,1-2H3,(H,24,29). The van der Waals surface area contributed by atoms with Gasteiger partial charge in [-0.05, 0) is 59.2 Å². The lowest BCUT2D eigenvalue weighted by Crippen LogP contribution is -2.10. The van der Waals surface area contributed by atoms with E-state index in [9.17, 15) is 4.79 Å². The second-order valence-corrected chi connectivity index (χ2v) is 7.25. The maximum absolute atomic E-state index is 11.5. The van der Waals surface area contributed by atoms with Gasteiger partial charge in [0.15, 0.2) is 17.3 Å². The molecule has 0 saturated heterocycles. The van der Waals surface area contributed by atoms with Crippen molar-refractivity contribution in [3.8, 4) is 17.2 Å². The lowest BCUT2D eigenvalue weighted by atomic mass is 10.1. The number of hydrogen-bond donors (Lipinski definition) is 1. The summed E-state index contributed by atoms with van der Waals surface area (Å²) in [5, 5.41) is 13.0. The number of methoxy groups -OCH3 is 2. The summed E-state index contributed by atoms with van der Waals surface area (Å²) in [4.78, 5) is 14.3. The molecule has 0 saturated carbocycles. The van der Waals surface area contributed by atoms with Crippen molar-refractivity contribution in [3.05, 3.63) is 70.3 Å². The lowest BCUT2D eigenvalue weighted by molar-refractivity contribution is 0.312. The first-order chi connectivity index (χ1) is 15.7. The van der Waals surface area contributed by atoms with Gasteiger partial charge in [-0.1, -0.05) is 12.1 Å². The molecule has 2 aromatic carbocycles. The Morgan fingerprint density at radius 1 is 0.969 bits per heavy atom. The summed E-state index contributed by atoms with van der Waals surface area (Å²) >= 11 is 0. The molecule has 0 radical (unpaired) electrons. The number of nitrogens with one attached hydrogen (secondary N) is 1. The second-order valence-electron chi connectivity index (χ2n) is 7.25. The van der Waals surface area contributed by atoms with Crippen LogP contribution in [0.5, 0.6) is 17.2 Å². The minimum absolute atomic E-state index is 0.130. The van der Waals surface area contributed by atoms with Crippen LogP contribution in [0.25, 0.3) is 10.9 Å². The highest BCUT2D eigenvalue weighted by molar-refractivity contribution is 5.84. The normalized spacial score (nSPS) is 10.9. The molecule has 9 heteroatoms. The number of rotatable bonds is 10. The van der Waals surface area contributed by atoms with Gasteiger partial charge in [0.1, 0.15) is 5.75 Å². The van der Waals surface area contributed by atoms with E-state index in [-0.39, 0.29) is 5.56 Å². The fourth-order valence-corrected chi connectivity index (χ4v) is 3.54. The smallest absolute Gasteiger partial charge is 0.248 e. The van der Waals surface area contributed by atoms with Gasteiger partial charge in [-0.15, -0.1) is 5.10 Å². The number of fused-ring (bicyclic) bond motifs is 1. The molecule has 0 atom stereocenters. The van der Waals surface area contributed by atoms with Gasteiger partial charge >= 0.3 is 0 Å².